The van der Waals surface area contributed by atoms with Gasteiger partial charge in [-0.3, -0.25) is 9.69 Å². The first kappa shape index (κ1) is 31.7. The lowest BCUT2D eigenvalue weighted by molar-refractivity contribution is -0.140. The van der Waals surface area contributed by atoms with Gasteiger partial charge in [0, 0.05) is 38.1 Å². The van der Waals surface area contributed by atoms with Gasteiger partial charge < -0.3 is 20.9 Å². The Labute approximate surface area is 245 Å². The van der Waals surface area contributed by atoms with Crippen molar-refractivity contribution < 1.29 is 9.59 Å². The highest BCUT2D eigenvalue weighted by Crippen LogP contribution is 2.68. The molecule has 7 heteroatoms. The van der Waals surface area contributed by atoms with Crippen molar-refractivity contribution >= 4 is 11.9 Å². The number of urea groups is 1. The second-order valence-corrected chi connectivity index (χ2v) is 14.7. The second-order valence-electron chi connectivity index (χ2n) is 14.7. The fourth-order valence-corrected chi connectivity index (χ4v) is 10.2. The Morgan fingerprint density at radius 1 is 0.925 bits per heavy atom. The zero-order valence-electron chi connectivity index (χ0n) is 26.9. The highest BCUT2D eigenvalue weighted by atomic mass is 16.2. The highest BCUT2D eigenvalue weighted by molar-refractivity contribution is 5.95. The zero-order valence-corrected chi connectivity index (χ0v) is 26.9. The maximum atomic E-state index is 13.8. The van der Waals surface area contributed by atoms with Crippen LogP contribution in [-0.4, -0.2) is 81.6 Å². The summed E-state index contributed by atoms with van der Waals surface area (Å²) in [6, 6.07) is 0.468. The first-order valence-corrected chi connectivity index (χ1v) is 16.7. The van der Waals surface area contributed by atoms with Crippen molar-refractivity contribution in [2.45, 2.75) is 97.9 Å². The van der Waals surface area contributed by atoms with Gasteiger partial charge in [0.1, 0.15) is 0 Å². The topological polar surface area (TPSA) is 76.7 Å². The fraction of sp³-hybridized carbons (Fsp3) is 0.939. The summed E-state index contributed by atoms with van der Waals surface area (Å²) >= 11 is 0. The summed E-state index contributed by atoms with van der Waals surface area (Å²) in [7, 11) is 6.11. The molecule has 0 radical (unpaired) electrons. The molecule has 4 unspecified atom stereocenters. The van der Waals surface area contributed by atoms with E-state index in [-0.39, 0.29) is 23.3 Å². The van der Waals surface area contributed by atoms with E-state index in [0.717, 1.165) is 56.1 Å². The molecule has 3 N–H and O–H groups in total. The van der Waals surface area contributed by atoms with E-state index in [2.05, 4.69) is 41.6 Å². The van der Waals surface area contributed by atoms with Gasteiger partial charge in [0.2, 0.25) is 5.91 Å². The van der Waals surface area contributed by atoms with Crippen LogP contribution in [0.3, 0.4) is 0 Å². The van der Waals surface area contributed by atoms with E-state index in [9.17, 15) is 9.59 Å². The molecule has 4 fully saturated rings. The largest absolute Gasteiger partial charge is 0.338 e. The summed E-state index contributed by atoms with van der Waals surface area (Å²) in [6.07, 6.45) is 12.6. The number of nitrogens with zero attached hydrogens (tertiary/aromatic N) is 2. The number of carbonyl (C=O) groups excluding carboxylic acids is 2. The minimum atomic E-state index is -0.219. The molecule has 0 spiro atoms. The predicted molar refractivity (Wildman–Crippen MR) is 164 cm³/mol. The molecule has 4 aliphatic rings. The fourth-order valence-electron chi connectivity index (χ4n) is 10.2. The molecule has 4 rings (SSSR count). The van der Waals surface area contributed by atoms with Crippen LogP contribution in [0.25, 0.3) is 0 Å². The van der Waals surface area contributed by atoms with Crippen LogP contribution in [0.4, 0.5) is 4.79 Å². The molecule has 0 heterocycles. The highest BCUT2D eigenvalue weighted by Gasteiger charge is 2.61. The maximum Gasteiger partial charge on any atom is 0.324 e. The Balaban J connectivity index is 1.38. The van der Waals surface area contributed by atoms with Gasteiger partial charge in [0.15, 0.2) is 0 Å². The van der Waals surface area contributed by atoms with Crippen LogP contribution in [0.5, 0.6) is 0 Å². The number of imide groups is 1. The van der Waals surface area contributed by atoms with Gasteiger partial charge in [-0.15, -0.1) is 0 Å². The number of carbonyl (C=O) groups is 2. The molecule has 0 bridgehead atoms. The van der Waals surface area contributed by atoms with Crippen LogP contribution < -0.4 is 16.0 Å². The van der Waals surface area contributed by atoms with Gasteiger partial charge in [-0.1, -0.05) is 20.8 Å². The van der Waals surface area contributed by atoms with Crippen LogP contribution in [-0.2, 0) is 4.79 Å². The average Bonchev–Trinajstić information content (AvgIpc) is 3.28. The van der Waals surface area contributed by atoms with Crippen LogP contribution in [0.2, 0.25) is 0 Å². The van der Waals surface area contributed by atoms with E-state index in [1.807, 2.05) is 28.1 Å². The first-order chi connectivity index (χ1) is 19.1. The van der Waals surface area contributed by atoms with Crippen molar-refractivity contribution in [2.24, 2.45) is 46.3 Å². The SMILES string of the molecule is CCN(C(=O)NCCCN(C)C)C(=O)C(C)[C@H]1CCC2C3CC[C@H]4C[C@H](NCCNC)CC[C@]4(C)C3CC[C@@]21C. The van der Waals surface area contributed by atoms with Crippen molar-refractivity contribution in [1.29, 1.82) is 0 Å². The number of rotatable bonds is 11. The van der Waals surface area contributed by atoms with Crippen molar-refractivity contribution in [1.82, 2.24) is 25.8 Å². The van der Waals surface area contributed by atoms with Crippen molar-refractivity contribution in [3.63, 3.8) is 0 Å². The van der Waals surface area contributed by atoms with E-state index in [1.54, 1.807) is 0 Å². The number of nitrogens with one attached hydrogen (secondary N) is 3. The van der Waals surface area contributed by atoms with E-state index in [4.69, 9.17) is 0 Å². The van der Waals surface area contributed by atoms with Crippen LogP contribution in [0.1, 0.15) is 91.9 Å². The van der Waals surface area contributed by atoms with Gasteiger partial charge in [0.05, 0.1) is 0 Å². The summed E-state index contributed by atoms with van der Waals surface area (Å²) in [5.74, 6) is 3.53. The normalized spacial score (nSPS) is 37.8. The third-order valence-corrected chi connectivity index (χ3v) is 12.4. The van der Waals surface area contributed by atoms with Crippen molar-refractivity contribution in [2.75, 3.05) is 53.9 Å². The molecular weight excluding hydrogens is 498 g/mol. The first-order valence-electron chi connectivity index (χ1n) is 16.7. The number of fused-ring (bicyclic) bond motifs is 5. The molecular formula is C33H61N5O2. The zero-order chi connectivity index (χ0) is 29.1. The van der Waals surface area contributed by atoms with Gasteiger partial charge >= 0.3 is 6.03 Å². The number of likely N-dealkylation sites (N-methyl/N-ethyl adjacent to an activating group) is 1. The minimum Gasteiger partial charge on any atom is -0.338 e. The number of hydrogen-bond donors (Lipinski definition) is 3. The molecule has 0 aliphatic heterocycles. The second kappa shape index (κ2) is 13.4. The third kappa shape index (κ3) is 6.27. The molecule has 9 atom stereocenters. The standard InChI is InChI=1S/C33H61N5O2/c1-8-38(31(40)36-18-9-21-37(6)7)30(39)23(2)27-12-13-28-26-11-10-24-22-25(35-20-19-34-5)14-16-32(24,3)29(26)15-17-33(27,28)4/h23-29,34-35H,8-22H2,1-7H3,(H,36,40)/t23?,24-,25+,26?,27+,28?,29?,32-,33+/m0/s1. The van der Waals surface area contributed by atoms with E-state index >= 15 is 0 Å². The maximum absolute atomic E-state index is 13.8. The van der Waals surface area contributed by atoms with Crippen LogP contribution in [0.15, 0.2) is 0 Å². The molecule has 7 nitrogen and oxygen atoms in total. The lowest BCUT2D eigenvalue weighted by atomic mass is 9.44. The van der Waals surface area contributed by atoms with E-state index < -0.39 is 0 Å². The van der Waals surface area contributed by atoms with Crippen LogP contribution in [0, 0.1) is 46.3 Å². The predicted octanol–water partition coefficient (Wildman–Crippen LogP) is 4.97. The number of amides is 3. The summed E-state index contributed by atoms with van der Waals surface area (Å²) in [6.45, 7) is 13.3. The Hall–Kier alpha value is -1.18. The third-order valence-electron chi connectivity index (χ3n) is 12.4. The van der Waals surface area contributed by atoms with Crippen molar-refractivity contribution in [3.05, 3.63) is 0 Å². The van der Waals surface area contributed by atoms with Crippen LogP contribution >= 0.6 is 0 Å². The van der Waals surface area contributed by atoms with Gasteiger partial charge in [-0.25, -0.2) is 4.79 Å². The molecule has 40 heavy (non-hydrogen) atoms. The summed E-state index contributed by atoms with van der Waals surface area (Å²) in [5, 5.41) is 10.1. The van der Waals surface area contributed by atoms with Gasteiger partial charge in [-0.2, -0.15) is 0 Å². The monoisotopic (exact) mass is 559 g/mol. The average molecular weight is 560 g/mol. The lowest BCUT2D eigenvalue weighted by Gasteiger charge is -2.61. The van der Waals surface area contributed by atoms with E-state index in [1.165, 1.54) is 56.3 Å². The lowest BCUT2D eigenvalue weighted by Crippen LogP contribution is -2.56. The molecule has 3 amide bonds. The quantitative estimate of drug-likeness (QED) is 0.312. The molecule has 0 aromatic heterocycles. The minimum absolute atomic E-state index is 0.0290. The molecule has 0 saturated heterocycles. The van der Waals surface area contributed by atoms with Crippen molar-refractivity contribution in [3.8, 4) is 0 Å². The number of hydrogen-bond acceptors (Lipinski definition) is 5. The summed E-state index contributed by atoms with van der Waals surface area (Å²) in [4.78, 5) is 30.3. The van der Waals surface area contributed by atoms with Gasteiger partial charge in [-0.05, 0) is 139 Å². The molecule has 230 valence electrons. The Bertz CT molecular complexity index is 866. The Kier molecular flexibility index (Phi) is 10.6. The summed E-state index contributed by atoms with van der Waals surface area (Å²) in [5.41, 5.74) is 0.696. The molecule has 4 saturated carbocycles. The van der Waals surface area contributed by atoms with E-state index in [0.29, 0.717) is 30.5 Å². The summed E-state index contributed by atoms with van der Waals surface area (Å²) < 4.78 is 0. The Morgan fingerprint density at radius 3 is 2.35 bits per heavy atom. The van der Waals surface area contributed by atoms with Gasteiger partial charge in [0.25, 0.3) is 0 Å². The molecule has 0 aromatic rings. The molecule has 4 aliphatic carbocycles. The Morgan fingerprint density at radius 2 is 1.65 bits per heavy atom. The molecule has 0 aromatic carbocycles. The smallest absolute Gasteiger partial charge is 0.324 e.